The number of hydrogen-bond acceptors (Lipinski definition) is 7. The van der Waals surface area contributed by atoms with Gasteiger partial charge in [0.05, 0.1) is 11.4 Å². The molecule has 4 rings (SSSR count). The number of rotatable bonds is 4. The Labute approximate surface area is 218 Å². The molecule has 37 heavy (non-hydrogen) atoms. The van der Waals surface area contributed by atoms with Crippen LogP contribution in [0.3, 0.4) is 0 Å². The number of nitrogens with one attached hydrogen (secondary N) is 1. The lowest BCUT2D eigenvalue weighted by Gasteiger charge is -2.33. The second-order valence-corrected chi connectivity index (χ2v) is 10.8. The van der Waals surface area contributed by atoms with Crippen LogP contribution in [-0.4, -0.2) is 51.6 Å². The first-order valence-corrected chi connectivity index (χ1v) is 12.5. The lowest BCUT2D eigenvalue weighted by atomic mass is 10.0. The van der Waals surface area contributed by atoms with Crippen molar-refractivity contribution in [1.29, 1.82) is 0 Å². The van der Waals surface area contributed by atoms with Crippen molar-refractivity contribution >= 4 is 35.0 Å². The van der Waals surface area contributed by atoms with Crippen molar-refractivity contribution in [3.8, 4) is 21.6 Å². The Morgan fingerprint density at radius 3 is 2.62 bits per heavy atom. The third kappa shape index (κ3) is 6.21. The van der Waals surface area contributed by atoms with E-state index in [1.165, 1.54) is 23.5 Å². The van der Waals surface area contributed by atoms with Crippen molar-refractivity contribution in [3.05, 3.63) is 58.8 Å². The fraction of sp³-hybridized carbons (Fsp3) is 0.346. The highest BCUT2D eigenvalue weighted by atomic mass is 32.1. The minimum absolute atomic E-state index is 0.0792. The molecule has 3 heterocycles. The van der Waals surface area contributed by atoms with E-state index in [0.717, 1.165) is 12.8 Å². The van der Waals surface area contributed by atoms with Crippen LogP contribution in [0.5, 0.6) is 0 Å². The van der Waals surface area contributed by atoms with Gasteiger partial charge in [-0.25, -0.2) is 24.0 Å². The number of nitrogen functional groups attached to an aromatic ring is 1. The van der Waals surface area contributed by atoms with Crippen LogP contribution in [0.2, 0.25) is 0 Å². The van der Waals surface area contributed by atoms with Crippen molar-refractivity contribution < 1.29 is 18.7 Å². The van der Waals surface area contributed by atoms with E-state index < -0.39 is 17.5 Å². The summed E-state index contributed by atoms with van der Waals surface area (Å²) in [4.78, 5) is 39.9. The fourth-order valence-corrected chi connectivity index (χ4v) is 5.18. The number of thiophene rings is 1. The number of hydrogen-bond donors (Lipinski definition) is 2. The molecule has 1 aliphatic rings. The van der Waals surface area contributed by atoms with Gasteiger partial charge in [-0.1, -0.05) is 12.1 Å². The lowest BCUT2D eigenvalue weighted by Crippen LogP contribution is -2.50. The molecule has 2 amide bonds. The predicted octanol–water partition coefficient (Wildman–Crippen LogP) is 5.27. The number of piperidine rings is 1. The van der Waals surface area contributed by atoms with Crippen LogP contribution in [0.4, 0.5) is 20.8 Å². The van der Waals surface area contributed by atoms with Gasteiger partial charge in [0.25, 0.3) is 5.91 Å². The van der Waals surface area contributed by atoms with Crippen molar-refractivity contribution in [3.63, 3.8) is 0 Å². The number of ether oxygens (including phenoxy) is 1. The van der Waals surface area contributed by atoms with Gasteiger partial charge in [0.1, 0.15) is 11.4 Å². The Bertz CT molecular complexity index is 1360. The minimum Gasteiger partial charge on any atom is -0.444 e. The molecule has 192 valence electrons. The van der Waals surface area contributed by atoms with E-state index in [2.05, 4.69) is 20.1 Å². The molecule has 11 heteroatoms. The van der Waals surface area contributed by atoms with Crippen LogP contribution in [0, 0.1) is 12.4 Å². The standard InChI is InChI=1S/C26H27FN6O3S/c1-26(2,3)36-25(35)32-17-6-5-9-33(14-17)23(34)21-11-18(15-7-8-20(29-4)19(27)10-15)22(37-21)16-12-30-24(28)31-13-16/h7-8,10-13,17H,5-6,9,14H2,1-3H3,(H,32,35)(H2,28,30,31)/t17-/m1/s1. The number of amides is 2. The number of anilines is 1. The molecule has 3 N–H and O–H groups in total. The average Bonchev–Trinajstić information content (AvgIpc) is 3.28. The first-order valence-electron chi connectivity index (χ1n) is 11.7. The van der Waals surface area contributed by atoms with Crippen LogP contribution in [0.1, 0.15) is 43.3 Å². The highest BCUT2D eigenvalue weighted by molar-refractivity contribution is 7.18. The van der Waals surface area contributed by atoms with E-state index in [1.54, 1.807) is 50.2 Å². The van der Waals surface area contributed by atoms with E-state index in [1.807, 2.05) is 0 Å². The monoisotopic (exact) mass is 522 g/mol. The second kappa shape index (κ2) is 10.5. The number of benzene rings is 1. The highest BCUT2D eigenvalue weighted by Gasteiger charge is 2.29. The Morgan fingerprint density at radius 2 is 1.97 bits per heavy atom. The molecule has 0 radical (unpaired) electrons. The van der Waals surface area contributed by atoms with Gasteiger partial charge < -0.3 is 20.7 Å². The smallest absolute Gasteiger partial charge is 0.407 e. The summed E-state index contributed by atoms with van der Waals surface area (Å²) in [5, 5.41) is 2.86. The molecule has 1 aromatic carbocycles. The number of halogens is 1. The Balaban J connectivity index is 1.62. The summed E-state index contributed by atoms with van der Waals surface area (Å²) in [7, 11) is 0. The van der Waals surface area contributed by atoms with Crippen LogP contribution in [0.15, 0.2) is 36.7 Å². The zero-order valence-electron chi connectivity index (χ0n) is 20.7. The molecular weight excluding hydrogens is 495 g/mol. The number of aromatic nitrogens is 2. The Morgan fingerprint density at radius 1 is 1.24 bits per heavy atom. The summed E-state index contributed by atoms with van der Waals surface area (Å²) in [6, 6.07) is 5.84. The molecule has 3 aromatic rings. The summed E-state index contributed by atoms with van der Waals surface area (Å²) in [6.07, 6.45) is 4.06. The summed E-state index contributed by atoms with van der Waals surface area (Å²) >= 11 is 1.25. The summed E-state index contributed by atoms with van der Waals surface area (Å²) < 4.78 is 19.8. The molecule has 1 saturated heterocycles. The van der Waals surface area contributed by atoms with Gasteiger partial charge in [-0.05, 0) is 51.3 Å². The molecular formula is C26H27FN6O3S. The van der Waals surface area contributed by atoms with Crippen LogP contribution in [-0.2, 0) is 4.74 Å². The molecule has 0 spiro atoms. The summed E-state index contributed by atoms with van der Waals surface area (Å²) in [6.45, 7) is 13.4. The Hall–Kier alpha value is -4.04. The Kier molecular flexibility index (Phi) is 7.40. The molecule has 1 atom stereocenters. The van der Waals surface area contributed by atoms with Crippen molar-refractivity contribution in [2.45, 2.75) is 45.3 Å². The number of carbonyl (C=O) groups is 2. The van der Waals surface area contributed by atoms with Crippen LogP contribution in [0.25, 0.3) is 26.4 Å². The van der Waals surface area contributed by atoms with Gasteiger partial charge in [-0.2, -0.15) is 0 Å². The summed E-state index contributed by atoms with van der Waals surface area (Å²) in [5.74, 6) is -0.719. The molecule has 0 unspecified atom stereocenters. The maximum absolute atomic E-state index is 14.5. The maximum Gasteiger partial charge on any atom is 0.407 e. The van der Waals surface area contributed by atoms with E-state index in [9.17, 15) is 14.0 Å². The topological polar surface area (TPSA) is 115 Å². The number of likely N-dealkylation sites (tertiary alicyclic amines) is 1. The van der Waals surface area contributed by atoms with Crippen molar-refractivity contribution in [2.24, 2.45) is 0 Å². The SMILES string of the molecule is [C-]#[N+]c1ccc(-c2cc(C(=O)N3CCC[C@@H](NC(=O)OC(C)(C)C)C3)sc2-c2cnc(N)nc2)cc1F. The number of alkyl carbamates (subject to hydrolysis) is 1. The third-order valence-corrected chi connectivity index (χ3v) is 6.86. The average molecular weight is 523 g/mol. The van der Waals surface area contributed by atoms with Gasteiger partial charge >= 0.3 is 6.09 Å². The number of nitrogens with two attached hydrogens (primary N) is 1. The number of carbonyl (C=O) groups excluding carboxylic acids is 2. The molecule has 0 aliphatic carbocycles. The van der Waals surface area contributed by atoms with E-state index in [0.29, 0.717) is 39.5 Å². The van der Waals surface area contributed by atoms with E-state index in [-0.39, 0.29) is 23.6 Å². The van der Waals surface area contributed by atoms with Gasteiger partial charge in [0.2, 0.25) is 11.6 Å². The molecule has 0 bridgehead atoms. The maximum atomic E-state index is 14.5. The third-order valence-electron chi connectivity index (χ3n) is 5.69. The van der Waals surface area contributed by atoms with Gasteiger partial charge in [0, 0.05) is 47.5 Å². The zero-order valence-corrected chi connectivity index (χ0v) is 21.6. The lowest BCUT2D eigenvalue weighted by molar-refractivity contribution is 0.0453. The normalized spacial score (nSPS) is 15.6. The fourth-order valence-electron chi connectivity index (χ4n) is 4.06. The first-order chi connectivity index (χ1) is 17.5. The van der Waals surface area contributed by atoms with Gasteiger partial charge in [-0.15, -0.1) is 11.3 Å². The molecule has 1 aliphatic heterocycles. The molecule has 1 fully saturated rings. The largest absolute Gasteiger partial charge is 0.444 e. The van der Waals surface area contributed by atoms with E-state index in [4.69, 9.17) is 17.0 Å². The van der Waals surface area contributed by atoms with Crippen LogP contribution < -0.4 is 11.1 Å². The van der Waals surface area contributed by atoms with E-state index >= 15 is 0 Å². The van der Waals surface area contributed by atoms with Crippen molar-refractivity contribution in [2.75, 3.05) is 18.8 Å². The molecule has 0 saturated carbocycles. The molecule has 9 nitrogen and oxygen atoms in total. The first kappa shape index (κ1) is 26.0. The van der Waals surface area contributed by atoms with Gasteiger partial charge in [-0.3, -0.25) is 4.79 Å². The minimum atomic E-state index is -0.641. The molecule has 2 aromatic heterocycles. The zero-order chi connectivity index (χ0) is 26.7. The van der Waals surface area contributed by atoms with Gasteiger partial charge in [0.15, 0.2) is 0 Å². The predicted molar refractivity (Wildman–Crippen MR) is 140 cm³/mol. The highest BCUT2D eigenvalue weighted by Crippen LogP contribution is 2.40. The summed E-state index contributed by atoms with van der Waals surface area (Å²) in [5.41, 5.74) is 6.72. The van der Waals surface area contributed by atoms with Crippen LogP contribution >= 0.6 is 11.3 Å². The quantitative estimate of drug-likeness (QED) is 0.451. The second-order valence-electron chi connectivity index (χ2n) is 9.70. The van der Waals surface area contributed by atoms with Crippen molar-refractivity contribution in [1.82, 2.24) is 20.2 Å². The number of nitrogens with zero attached hydrogens (tertiary/aromatic N) is 4.